The summed E-state index contributed by atoms with van der Waals surface area (Å²) in [5.74, 6) is 0. The molecule has 0 radical (unpaired) electrons. The monoisotopic (exact) mass is 325 g/mol. The van der Waals surface area contributed by atoms with Crippen LogP contribution < -0.4 is 5.32 Å². The Morgan fingerprint density at radius 1 is 1.47 bits per heavy atom. The first-order chi connectivity index (χ1) is 9.06. The van der Waals surface area contributed by atoms with E-state index in [1.165, 1.54) is 5.69 Å². The fourth-order valence-corrected chi connectivity index (χ4v) is 2.67. The van der Waals surface area contributed by atoms with Crippen molar-refractivity contribution in [1.82, 2.24) is 24.6 Å². The molecule has 1 N–H and O–H groups in total. The van der Waals surface area contributed by atoms with Crippen LogP contribution in [0.4, 0.5) is 0 Å². The highest BCUT2D eigenvalue weighted by Gasteiger charge is 2.19. The molecule has 1 atom stereocenters. The highest BCUT2D eigenvalue weighted by molar-refractivity contribution is 9.10. The van der Waals surface area contributed by atoms with E-state index in [1.807, 2.05) is 36.6 Å². The Morgan fingerprint density at radius 3 is 2.74 bits per heavy atom. The number of nitrogens with zero attached hydrogens (tertiary/aromatic N) is 4. The first-order valence-corrected chi connectivity index (χ1v) is 7.23. The maximum absolute atomic E-state index is 4.53. The maximum atomic E-state index is 4.53. The van der Waals surface area contributed by atoms with Crippen molar-refractivity contribution in [3.8, 4) is 0 Å². The van der Waals surface area contributed by atoms with Crippen molar-refractivity contribution in [2.45, 2.75) is 32.9 Å². The molecule has 0 fully saturated rings. The molecular weight excluding hydrogens is 306 g/mol. The van der Waals surface area contributed by atoms with Crippen molar-refractivity contribution in [3.63, 3.8) is 0 Å². The number of hydrogen-bond donors (Lipinski definition) is 1. The van der Waals surface area contributed by atoms with E-state index in [1.54, 1.807) is 0 Å². The minimum Gasteiger partial charge on any atom is -0.340 e. The minimum atomic E-state index is 0.193. The molecule has 2 aromatic heterocycles. The van der Waals surface area contributed by atoms with Gasteiger partial charge in [-0.15, -0.1) is 0 Å². The van der Waals surface area contributed by atoms with Crippen LogP contribution in [0.3, 0.4) is 0 Å². The van der Waals surface area contributed by atoms with Crippen molar-refractivity contribution in [1.29, 1.82) is 0 Å². The number of likely N-dealkylation sites (N-methyl/N-ethyl adjacent to an activating group) is 1. The van der Waals surface area contributed by atoms with Crippen LogP contribution in [0.15, 0.2) is 17.0 Å². The number of imidazole rings is 1. The van der Waals surface area contributed by atoms with Crippen LogP contribution in [-0.4, -0.2) is 26.4 Å². The Morgan fingerprint density at radius 2 is 2.21 bits per heavy atom. The van der Waals surface area contributed by atoms with Crippen molar-refractivity contribution < 1.29 is 0 Å². The molecule has 0 spiro atoms. The highest BCUT2D eigenvalue weighted by Crippen LogP contribution is 2.25. The second-order valence-corrected chi connectivity index (χ2v) is 5.46. The predicted molar refractivity (Wildman–Crippen MR) is 79.1 cm³/mol. The summed E-state index contributed by atoms with van der Waals surface area (Å²) < 4.78 is 5.12. The number of nitrogens with one attached hydrogen (secondary N) is 1. The number of halogens is 1. The summed E-state index contributed by atoms with van der Waals surface area (Å²) in [5.41, 5.74) is 3.30. The average Bonchev–Trinajstić information content (AvgIpc) is 2.93. The first kappa shape index (κ1) is 14.3. The van der Waals surface area contributed by atoms with Gasteiger partial charge >= 0.3 is 0 Å². The van der Waals surface area contributed by atoms with Gasteiger partial charge in [0.2, 0.25) is 0 Å². The van der Waals surface area contributed by atoms with E-state index in [9.17, 15) is 0 Å². The molecule has 2 rings (SSSR count). The zero-order chi connectivity index (χ0) is 14.0. The van der Waals surface area contributed by atoms with Crippen molar-refractivity contribution in [2.24, 2.45) is 7.05 Å². The Hall–Kier alpha value is -1.14. The summed E-state index contributed by atoms with van der Waals surface area (Å²) in [6.45, 7) is 5.01. The predicted octanol–water partition coefficient (Wildman–Crippen LogP) is 2.21. The summed E-state index contributed by atoms with van der Waals surface area (Å²) in [5, 5.41) is 7.86. The smallest absolute Gasteiger partial charge is 0.0947 e. The zero-order valence-corrected chi connectivity index (χ0v) is 13.4. The van der Waals surface area contributed by atoms with Crippen LogP contribution in [0.5, 0.6) is 0 Å². The lowest BCUT2D eigenvalue weighted by Gasteiger charge is -2.15. The van der Waals surface area contributed by atoms with E-state index < -0.39 is 0 Å². The molecule has 0 aliphatic carbocycles. The Bertz CT molecular complexity index is 557. The van der Waals surface area contributed by atoms with Gasteiger partial charge in [0.05, 0.1) is 33.9 Å². The molecule has 1 unspecified atom stereocenters. The molecule has 0 aliphatic rings. The molecule has 0 amide bonds. The van der Waals surface area contributed by atoms with Crippen LogP contribution in [-0.2, 0) is 20.0 Å². The average molecular weight is 326 g/mol. The topological polar surface area (TPSA) is 47.7 Å². The number of hydrogen-bond acceptors (Lipinski definition) is 3. The lowest BCUT2D eigenvalue weighted by molar-refractivity contribution is 0.532. The van der Waals surface area contributed by atoms with Crippen molar-refractivity contribution in [3.05, 3.63) is 34.1 Å². The van der Waals surface area contributed by atoms with Gasteiger partial charge in [-0.1, -0.05) is 0 Å². The molecule has 6 heteroatoms. The van der Waals surface area contributed by atoms with Gasteiger partial charge in [0.25, 0.3) is 0 Å². The minimum absolute atomic E-state index is 0.193. The first-order valence-electron chi connectivity index (χ1n) is 6.43. The normalized spacial score (nSPS) is 12.9. The van der Waals surface area contributed by atoms with Crippen LogP contribution >= 0.6 is 15.9 Å². The van der Waals surface area contributed by atoms with E-state index in [0.29, 0.717) is 0 Å². The van der Waals surface area contributed by atoms with E-state index in [-0.39, 0.29) is 6.04 Å². The Labute approximate surface area is 122 Å². The fourth-order valence-electron chi connectivity index (χ4n) is 2.22. The summed E-state index contributed by atoms with van der Waals surface area (Å²) in [4.78, 5) is 4.43. The van der Waals surface area contributed by atoms with Crippen LogP contribution in [0.2, 0.25) is 0 Å². The lowest BCUT2D eigenvalue weighted by atomic mass is 10.1. The lowest BCUT2D eigenvalue weighted by Crippen LogP contribution is -2.21. The summed E-state index contributed by atoms with van der Waals surface area (Å²) in [6, 6.07) is 0.193. The van der Waals surface area contributed by atoms with Crippen LogP contribution in [0, 0.1) is 6.92 Å². The van der Waals surface area contributed by atoms with Crippen molar-refractivity contribution >= 4 is 15.9 Å². The molecule has 0 bridgehead atoms. The molecule has 0 aliphatic heterocycles. The van der Waals surface area contributed by atoms with E-state index in [2.05, 4.69) is 44.4 Å². The van der Waals surface area contributed by atoms with E-state index in [4.69, 9.17) is 0 Å². The number of rotatable bonds is 5. The third-order valence-electron chi connectivity index (χ3n) is 3.28. The van der Waals surface area contributed by atoms with E-state index >= 15 is 0 Å². The van der Waals surface area contributed by atoms with E-state index in [0.717, 1.165) is 28.8 Å². The second kappa shape index (κ2) is 5.88. The Kier molecular flexibility index (Phi) is 4.42. The van der Waals surface area contributed by atoms with Crippen LogP contribution in [0.1, 0.15) is 30.0 Å². The largest absolute Gasteiger partial charge is 0.340 e. The van der Waals surface area contributed by atoms with Gasteiger partial charge in [0, 0.05) is 26.2 Å². The SMILES string of the molecule is CCn1nc(C)c(Br)c1CC(NC)c1cn(C)cn1. The quantitative estimate of drug-likeness (QED) is 0.916. The van der Waals surface area contributed by atoms with Gasteiger partial charge in [0.15, 0.2) is 0 Å². The standard InChI is InChI=1S/C13H20BrN5/c1-5-19-12(13(14)9(2)17-19)6-10(15-3)11-7-18(4)8-16-11/h7-8,10,15H,5-6H2,1-4H3. The molecule has 104 valence electrons. The van der Waals surface area contributed by atoms with Gasteiger partial charge in [-0.25, -0.2) is 4.98 Å². The number of aryl methyl sites for hydroxylation is 3. The van der Waals surface area contributed by atoms with Gasteiger partial charge in [0.1, 0.15) is 0 Å². The maximum Gasteiger partial charge on any atom is 0.0947 e. The van der Waals surface area contributed by atoms with Gasteiger partial charge < -0.3 is 9.88 Å². The molecule has 2 aromatic rings. The summed E-state index contributed by atoms with van der Waals surface area (Å²) >= 11 is 3.64. The molecule has 2 heterocycles. The number of aromatic nitrogens is 4. The van der Waals surface area contributed by atoms with Gasteiger partial charge in [-0.3, -0.25) is 4.68 Å². The Balaban J connectivity index is 2.28. The second-order valence-electron chi connectivity index (χ2n) is 4.67. The third-order valence-corrected chi connectivity index (χ3v) is 4.31. The van der Waals surface area contributed by atoms with Crippen molar-refractivity contribution in [2.75, 3.05) is 7.05 Å². The molecule has 19 heavy (non-hydrogen) atoms. The van der Waals surface area contributed by atoms with Gasteiger partial charge in [-0.05, 0) is 36.8 Å². The summed E-state index contributed by atoms with van der Waals surface area (Å²) in [7, 11) is 3.95. The molecule has 0 aromatic carbocycles. The fraction of sp³-hybridized carbons (Fsp3) is 0.538. The molecule has 0 saturated heterocycles. The molecule has 0 saturated carbocycles. The zero-order valence-electron chi connectivity index (χ0n) is 11.8. The van der Waals surface area contributed by atoms with Gasteiger partial charge in [-0.2, -0.15) is 5.10 Å². The molecular formula is C13H20BrN5. The molecule has 5 nitrogen and oxygen atoms in total. The third kappa shape index (κ3) is 2.90. The van der Waals surface area contributed by atoms with Crippen LogP contribution in [0.25, 0.3) is 0 Å². The summed E-state index contributed by atoms with van der Waals surface area (Å²) in [6.07, 6.45) is 4.74. The highest BCUT2D eigenvalue weighted by atomic mass is 79.9.